The van der Waals surface area contributed by atoms with Crippen LogP contribution in [0.3, 0.4) is 0 Å². The number of nitrogens with one attached hydrogen (secondary N) is 6. The first kappa shape index (κ1) is 41.1. The second-order valence-corrected chi connectivity index (χ2v) is 10.9. The number of hydrogen-bond acceptors (Lipinski definition) is 12. The first-order valence-electron chi connectivity index (χ1n) is 15.0. The average Bonchev–Trinajstić information content (AvgIpc) is 3.02. The lowest BCUT2D eigenvalue weighted by Gasteiger charge is -2.27. The third kappa shape index (κ3) is 16.1. The van der Waals surface area contributed by atoms with E-state index >= 15 is 0 Å². The summed E-state index contributed by atoms with van der Waals surface area (Å²) < 4.78 is 0. The molecular formula is C27H42N9O12-3. The molecule has 0 aliphatic carbocycles. The standard InChI is InChI=1S/C27H42N9O12/c1-34(46)22(40)10-4-7-16-25(43)30-14-20(38)28-13-19(37)29-15-21(39)31-17(8-5-11-23(41)35(2)47)26(44)33-18(27(45)32-16)9-6-12-24(42)36(3)48/h16-18H,4-15H2,1-3H3,(H,28,38)(H,29,37)(H,30,43)(H,31,39)(H,32,45)(H,33,44)/q-3. The maximum absolute atomic E-state index is 13.5. The highest BCUT2D eigenvalue weighted by Crippen LogP contribution is 2.10. The fraction of sp³-hybridized carbons (Fsp3) is 0.667. The van der Waals surface area contributed by atoms with Crippen molar-refractivity contribution in [1.29, 1.82) is 0 Å². The predicted molar refractivity (Wildman–Crippen MR) is 165 cm³/mol. The molecule has 0 bridgehead atoms. The molecule has 9 amide bonds. The maximum Gasteiger partial charge on any atom is 0.243 e. The van der Waals surface area contributed by atoms with Crippen molar-refractivity contribution in [3.8, 4) is 0 Å². The van der Waals surface area contributed by atoms with Gasteiger partial charge in [0.05, 0.1) is 19.6 Å². The smallest absolute Gasteiger partial charge is 0.243 e. The summed E-state index contributed by atoms with van der Waals surface area (Å²) in [6.07, 6.45) is -1.69. The molecule has 1 rings (SSSR count). The highest BCUT2D eigenvalue weighted by Gasteiger charge is 2.30. The molecule has 21 heteroatoms. The highest BCUT2D eigenvalue weighted by atomic mass is 16.5. The van der Waals surface area contributed by atoms with Crippen molar-refractivity contribution >= 4 is 53.2 Å². The first-order valence-corrected chi connectivity index (χ1v) is 15.0. The van der Waals surface area contributed by atoms with Crippen LogP contribution in [0.5, 0.6) is 0 Å². The molecule has 0 aromatic carbocycles. The zero-order valence-electron chi connectivity index (χ0n) is 27.0. The molecule has 1 aliphatic rings. The number of carbonyl (C=O) groups excluding carboxylic acids is 9. The topological polar surface area (TPSA) is 305 Å². The van der Waals surface area contributed by atoms with E-state index in [1.165, 1.54) is 0 Å². The van der Waals surface area contributed by atoms with Crippen molar-refractivity contribution in [2.75, 3.05) is 40.8 Å². The molecule has 6 N–H and O–H groups in total. The van der Waals surface area contributed by atoms with E-state index in [2.05, 4.69) is 31.9 Å². The van der Waals surface area contributed by atoms with Gasteiger partial charge in [-0.25, -0.2) is 0 Å². The zero-order chi connectivity index (χ0) is 36.4. The Morgan fingerprint density at radius 3 is 1.21 bits per heavy atom. The van der Waals surface area contributed by atoms with Crippen LogP contribution in [-0.4, -0.2) is 127 Å². The van der Waals surface area contributed by atoms with E-state index < -0.39 is 90.9 Å². The molecule has 21 nitrogen and oxygen atoms in total. The van der Waals surface area contributed by atoms with Gasteiger partial charge in [0.25, 0.3) is 0 Å². The minimum absolute atomic E-state index is 0.0527. The number of hydrogen-bond donors (Lipinski definition) is 6. The molecule has 3 atom stereocenters. The van der Waals surface area contributed by atoms with Gasteiger partial charge in [0.1, 0.15) is 18.1 Å². The van der Waals surface area contributed by atoms with E-state index in [4.69, 9.17) is 0 Å². The minimum Gasteiger partial charge on any atom is -0.756 e. The Bertz CT molecular complexity index is 1170. The van der Waals surface area contributed by atoms with Gasteiger partial charge < -0.3 is 62.7 Å². The summed E-state index contributed by atoms with van der Waals surface area (Å²) in [5.74, 6) is -7.58. The van der Waals surface area contributed by atoms with E-state index in [0.717, 1.165) is 21.1 Å². The van der Waals surface area contributed by atoms with Crippen LogP contribution in [0.15, 0.2) is 0 Å². The van der Waals surface area contributed by atoms with Gasteiger partial charge in [-0.3, -0.25) is 43.2 Å². The monoisotopic (exact) mass is 684 g/mol. The normalized spacial score (nSPS) is 20.0. The van der Waals surface area contributed by atoms with Crippen molar-refractivity contribution in [2.45, 2.75) is 75.9 Å². The lowest BCUT2D eigenvalue weighted by Crippen LogP contribution is -2.58. The van der Waals surface area contributed by atoms with Crippen LogP contribution >= 0.6 is 0 Å². The Morgan fingerprint density at radius 1 is 0.521 bits per heavy atom. The van der Waals surface area contributed by atoms with Gasteiger partial charge in [0.15, 0.2) is 0 Å². The van der Waals surface area contributed by atoms with Crippen molar-refractivity contribution in [3.05, 3.63) is 15.6 Å². The van der Waals surface area contributed by atoms with Crippen LogP contribution in [0.4, 0.5) is 0 Å². The molecule has 270 valence electrons. The van der Waals surface area contributed by atoms with Crippen molar-refractivity contribution in [2.24, 2.45) is 0 Å². The Morgan fingerprint density at radius 2 is 0.833 bits per heavy atom. The minimum atomic E-state index is -1.46. The fourth-order valence-corrected chi connectivity index (χ4v) is 4.21. The molecule has 0 radical (unpaired) electrons. The molecule has 1 aliphatic heterocycles. The number of hydroxylamine groups is 6. The molecule has 3 unspecified atom stereocenters. The van der Waals surface area contributed by atoms with Crippen LogP contribution in [0.2, 0.25) is 0 Å². The average molecular weight is 685 g/mol. The van der Waals surface area contributed by atoms with Crippen LogP contribution < -0.4 is 31.9 Å². The second-order valence-electron chi connectivity index (χ2n) is 10.9. The third-order valence-electron chi connectivity index (χ3n) is 6.94. The summed E-state index contributed by atoms with van der Waals surface area (Å²) in [6.45, 7) is -1.83. The number of carbonyl (C=O) groups is 9. The quantitative estimate of drug-likeness (QED) is 0.108. The van der Waals surface area contributed by atoms with E-state index in [9.17, 15) is 58.8 Å². The Balaban J connectivity index is 3.36. The van der Waals surface area contributed by atoms with E-state index in [1.54, 1.807) is 0 Å². The summed E-state index contributed by atoms with van der Waals surface area (Å²) in [5, 5.41) is 48.1. The Kier molecular flexibility index (Phi) is 18.1. The lowest BCUT2D eigenvalue weighted by molar-refractivity contribution is -0.135. The molecular weight excluding hydrogens is 642 g/mol. The van der Waals surface area contributed by atoms with Gasteiger partial charge >= 0.3 is 0 Å². The molecule has 1 fully saturated rings. The summed E-state index contributed by atoms with van der Waals surface area (Å²) in [7, 11) is 2.96. The van der Waals surface area contributed by atoms with Gasteiger partial charge in [0, 0.05) is 19.3 Å². The SMILES string of the molecule is CN([O-])C(=O)CCCC1NC(=O)CNC(=O)CNC(=O)CNC(=O)C(CCCC(=O)N(C)[O-])NC(=O)C(CCCC(=O)N(C)[O-])NC1=O. The Hall–Kier alpha value is -4.89. The number of rotatable bonds is 12. The summed E-state index contributed by atoms with van der Waals surface area (Å²) >= 11 is 0. The van der Waals surface area contributed by atoms with Gasteiger partial charge in [0.2, 0.25) is 53.2 Å². The highest BCUT2D eigenvalue weighted by molar-refractivity contribution is 5.96. The molecule has 0 spiro atoms. The summed E-state index contributed by atoms with van der Waals surface area (Å²) in [6, 6.07) is -4.24. The van der Waals surface area contributed by atoms with Gasteiger partial charge in [-0.15, -0.1) is 0 Å². The van der Waals surface area contributed by atoms with Crippen molar-refractivity contribution < 1.29 is 43.2 Å². The summed E-state index contributed by atoms with van der Waals surface area (Å²) in [5.41, 5.74) is 0. The number of amides is 9. The number of nitrogens with zero attached hydrogens (tertiary/aromatic N) is 3. The Labute approximate surface area is 275 Å². The molecule has 1 saturated heterocycles. The molecule has 0 saturated carbocycles. The lowest BCUT2D eigenvalue weighted by atomic mass is 10.0. The molecule has 0 aromatic rings. The molecule has 1 heterocycles. The van der Waals surface area contributed by atoms with Crippen molar-refractivity contribution in [3.63, 3.8) is 0 Å². The van der Waals surface area contributed by atoms with Crippen LogP contribution in [0.25, 0.3) is 0 Å². The largest absolute Gasteiger partial charge is 0.756 e. The zero-order valence-corrected chi connectivity index (χ0v) is 27.0. The second kappa shape index (κ2) is 21.1. The predicted octanol–water partition coefficient (Wildman–Crippen LogP) is -3.82. The molecule has 48 heavy (non-hydrogen) atoms. The summed E-state index contributed by atoms with van der Waals surface area (Å²) in [4.78, 5) is 112. The van der Waals surface area contributed by atoms with E-state index in [-0.39, 0.29) is 73.0 Å². The molecule has 0 aromatic heterocycles. The van der Waals surface area contributed by atoms with E-state index in [0.29, 0.717) is 0 Å². The maximum atomic E-state index is 13.5. The van der Waals surface area contributed by atoms with Crippen molar-refractivity contribution in [1.82, 2.24) is 47.1 Å². The van der Waals surface area contributed by atoms with Crippen LogP contribution in [-0.2, 0) is 43.2 Å². The van der Waals surface area contributed by atoms with Gasteiger partial charge in [-0.1, -0.05) is 0 Å². The van der Waals surface area contributed by atoms with E-state index in [1.807, 2.05) is 0 Å². The van der Waals surface area contributed by atoms with Gasteiger partial charge in [-0.2, -0.15) is 0 Å². The third-order valence-corrected chi connectivity index (χ3v) is 6.94. The van der Waals surface area contributed by atoms with Gasteiger partial charge in [-0.05, 0) is 59.7 Å². The van der Waals surface area contributed by atoms with Crippen LogP contribution in [0, 0.1) is 15.6 Å². The van der Waals surface area contributed by atoms with Crippen LogP contribution in [0.1, 0.15) is 57.8 Å². The first-order chi connectivity index (χ1) is 22.5. The fourth-order valence-electron chi connectivity index (χ4n) is 4.21.